The fraction of sp³-hybridized carbons (Fsp3) is 0.133. The van der Waals surface area contributed by atoms with E-state index in [1.54, 1.807) is 13.0 Å². The average Bonchev–Trinajstić information content (AvgIpc) is 2.42. The van der Waals surface area contributed by atoms with Crippen molar-refractivity contribution in [3.05, 3.63) is 53.6 Å². The highest BCUT2D eigenvalue weighted by atomic mass is 35.5. The summed E-state index contributed by atoms with van der Waals surface area (Å²) in [7, 11) is 0. The number of benzene rings is 2. The Labute approximate surface area is 111 Å². The molecule has 0 aliphatic heterocycles. The van der Waals surface area contributed by atoms with Gasteiger partial charge < -0.3 is 4.74 Å². The summed E-state index contributed by atoms with van der Waals surface area (Å²) in [4.78, 5) is 0. The van der Waals surface area contributed by atoms with Crippen LogP contribution in [0.3, 0.4) is 0 Å². The fourth-order valence-electron chi connectivity index (χ4n) is 1.62. The van der Waals surface area contributed by atoms with Crippen molar-refractivity contribution < 1.29 is 4.74 Å². The van der Waals surface area contributed by atoms with Crippen molar-refractivity contribution in [2.75, 3.05) is 0 Å². The molecule has 0 aromatic heterocycles. The van der Waals surface area contributed by atoms with E-state index in [0.29, 0.717) is 10.8 Å². The summed E-state index contributed by atoms with van der Waals surface area (Å²) in [6.07, 6.45) is -0.509. The lowest BCUT2D eigenvalue weighted by molar-refractivity contribution is 0.276. The quantitative estimate of drug-likeness (QED) is 0.821. The van der Waals surface area contributed by atoms with Gasteiger partial charge in [-0.3, -0.25) is 0 Å². The van der Waals surface area contributed by atoms with Gasteiger partial charge in [-0.1, -0.05) is 48.0 Å². The van der Waals surface area contributed by atoms with E-state index in [0.717, 1.165) is 11.1 Å². The van der Waals surface area contributed by atoms with Crippen molar-refractivity contribution in [3.63, 3.8) is 0 Å². The minimum Gasteiger partial charge on any atom is -0.474 e. The van der Waals surface area contributed by atoms with Crippen molar-refractivity contribution in [2.45, 2.75) is 13.0 Å². The molecule has 2 aromatic rings. The lowest BCUT2D eigenvalue weighted by Crippen LogP contribution is -2.08. The van der Waals surface area contributed by atoms with Gasteiger partial charge in [0, 0.05) is 0 Å². The zero-order valence-corrected chi connectivity index (χ0v) is 10.7. The second kappa shape index (κ2) is 5.57. The second-order valence-electron chi connectivity index (χ2n) is 3.90. The Morgan fingerprint density at radius 2 is 1.83 bits per heavy atom. The first-order valence-electron chi connectivity index (χ1n) is 5.62. The minimum absolute atomic E-state index is 0.509. The maximum Gasteiger partial charge on any atom is 0.181 e. The van der Waals surface area contributed by atoms with E-state index in [1.807, 2.05) is 48.5 Å². The molecule has 0 saturated carbocycles. The molecule has 0 aliphatic carbocycles. The topological polar surface area (TPSA) is 33.0 Å². The van der Waals surface area contributed by atoms with Crippen molar-refractivity contribution in [1.29, 1.82) is 5.26 Å². The van der Waals surface area contributed by atoms with Gasteiger partial charge in [-0.2, -0.15) is 5.26 Å². The molecule has 0 radical (unpaired) electrons. The first-order valence-corrected chi connectivity index (χ1v) is 6.00. The minimum atomic E-state index is -0.509. The molecule has 0 spiro atoms. The Kier molecular flexibility index (Phi) is 3.86. The SMILES string of the molecule is CC(C#N)Oc1ccc(-c2ccccc2)cc1Cl. The van der Waals surface area contributed by atoms with Crippen LogP contribution in [0.1, 0.15) is 6.92 Å². The molecular formula is C15H12ClNO. The Morgan fingerprint density at radius 1 is 1.11 bits per heavy atom. The predicted molar refractivity (Wildman–Crippen MR) is 72.6 cm³/mol. The Morgan fingerprint density at radius 3 is 2.44 bits per heavy atom. The molecule has 1 unspecified atom stereocenters. The third-order valence-electron chi connectivity index (χ3n) is 2.52. The van der Waals surface area contributed by atoms with Gasteiger partial charge in [0.1, 0.15) is 11.8 Å². The van der Waals surface area contributed by atoms with E-state index in [1.165, 1.54) is 0 Å². The van der Waals surface area contributed by atoms with E-state index in [-0.39, 0.29) is 0 Å². The van der Waals surface area contributed by atoms with Crippen LogP contribution in [-0.2, 0) is 0 Å². The number of nitrogens with zero attached hydrogens (tertiary/aromatic N) is 1. The largest absolute Gasteiger partial charge is 0.474 e. The monoisotopic (exact) mass is 257 g/mol. The lowest BCUT2D eigenvalue weighted by Gasteiger charge is -2.10. The molecule has 0 heterocycles. The van der Waals surface area contributed by atoms with E-state index in [2.05, 4.69) is 0 Å². The Balaban J connectivity index is 2.29. The summed E-state index contributed by atoms with van der Waals surface area (Å²) in [6, 6.07) is 17.5. The summed E-state index contributed by atoms with van der Waals surface area (Å²) in [5, 5.41) is 9.21. The second-order valence-corrected chi connectivity index (χ2v) is 4.31. The van der Waals surface area contributed by atoms with Crippen LogP contribution in [0.2, 0.25) is 5.02 Å². The number of nitriles is 1. The van der Waals surface area contributed by atoms with Crippen molar-refractivity contribution in [3.8, 4) is 22.9 Å². The van der Waals surface area contributed by atoms with Crippen molar-refractivity contribution in [1.82, 2.24) is 0 Å². The van der Waals surface area contributed by atoms with E-state index in [4.69, 9.17) is 21.6 Å². The number of hydrogen-bond donors (Lipinski definition) is 0. The van der Waals surface area contributed by atoms with Crippen LogP contribution < -0.4 is 4.74 Å². The van der Waals surface area contributed by atoms with Crippen LogP contribution >= 0.6 is 11.6 Å². The lowest BCUT2D eigenvalue weighted by atomic mass is 10.1. The van der Waals surface area contributed by atoms with E-state index < -0.39 is 6.10 Å². The molecule has 0 fully saturated rings. The molecule has 0 bridgehead atoms. The molecule has 90 valence electrons. The number of ether oxygens (including phenoxy) is 1. The Bertz CT molecular complexity index is 575. The molecular weight excluding hydrogens is 246 g/mol. The summed E-state index contributed by atoms with van der Waals surface area (Å²) in [5.74, 6) is 0.533. The first kappa shape index (κ1) is 12.5. The molecule has 0 aliphatic rings. The summed E-state index contributed by atoms with van der Waals surface area (Å²) in [6.45, 7) is 1.68. The molecule has 2 aromatic carbocycles. The highest BCUT2D eigenvalue weighted by Gasteiger charge is 2.07. The zero-order chi connectivity index (χ0) is 13.0. The van der Waals surface area contributed by atoms with Gasteiger partial charge in [0.15, 0.2) is 6.10 Å². The van der Waals surface area contributed by atoms with Crippen LogP contribution in [0, 0.1) is 11.3 Å². The summed E-state index contributed by atoms with van der Waals surface area (Å²) in [5.41, 5.74) is 2.12. The van der Waals surface area contributed by atoms with Gasteiger partial charge in [-0.15, -0.1) is 0 Å². The molecule has 3 heteroatoms. The molecule has 0 N–H and O–H groups in total. The van der Waals surface area contributed by atoms with Crippen molar-refractivity contribution >= 4 is 11.6 Å². The van der Waals surface area contributed by atoms with Gasteiger partial charge in [0.2, 0.25) is 0 Å². The molecule has 0 saturated heterocycles. The highest BCUT2D eigenvalue weighted by Crippen LogP contribution is 2.30. The third kappa shape index (κ3) is 2.82. The summed E-state index contributed by atoms with van der Waals surface area (Å²) < 4.78 is 5.39. The number of hydrogen-bond acceptors (Lipinski definition) is 2. The average molecular weight is 258 g/mol. The van der Waals surface area contributed by atoms with Gasteiger partial charge in [-0.05, 0) is 30.2 Å². The van der Waals surface area contributed by atoms with Crippen LogP contribution in [0.25, 0.3) is 11.1 Å². The maximum atomic E-state index is 8.70. The normalized spacial score (nSPS) is 11.6. The summed E-state index contributed by atoms with van der Waals surface area (Å²) >= 11 is 6.15. The molecule has 0 amide bonds. The third-order valence-corrected chi connectivity index (χ3v) is 2.82. The molecule has 2 nitrogen and oxygen atoms in total. The highest BCUT2D eigenvalue weighted by molar-refractivity contribution is 6.32. The first-order chi connectivity index (χ1) is 8.70. The molecule has 2 rings (SSSR count). The molecule has 1 atom stereocenters. The Hall–Kier alpha value is -1.98. The maximum absolute atomic E-state index is 8.70. The van der Waals surface area contributed by atoms with Gasteiger partial charge >= 0.3 is 0 Å². The van der Waals surface area contributed by atoms with E-state index >= 15 is 0 Å². The standard InChI is InChI=1S/C15H12ClNO/c1-11(10-17)18-15-8-7-13(9-14(15)16)12-5-3-2-4-6-12/h2-9,11H,1H3. The number of halogens is 1. The van der Waals surface area contributed by atoms with Gasteiger partial charge in [0.05, 0.1) is 5.02 Å². The molecule has 18 heavy (non-hydrogen) atoms. The van der Waals surface area contributed by atoms with Crippen LogP contribution in [0.4, 0.5) is 0 Å². The fourth-order valence-corrected chi connectivity index (χ4v) is 1.85. The van der Waals surface area contributed by atoms with Gasteiger partial charge in [-0.25, -0.2) is 0 Å². The van der Waals surface area contributed by atoms with Crippen LogP contribution in [0.5, 0.6) is 5.75 Å². The van der Waals surface area contributed by atoms with Crippen LogP contribution in [-0.4, -0.2) is 6.10 Å². The zero-order valence-electron chi connectivity index (χ0n) is 9.93. The van der Waals surface area contributed by atoms with Gasteiger partial charge in [0.25, 0.3) is 0 Å². The smallest absolute Gasteiger partial charge is 0.181 e. The van der Waals surface area contributed by atoms with Crippen LogP contribution in [0.15, 0.2) is 48.5 Å². The predicted octanol–water partition coefficient (Wildman–Crippen LogP) is 4.30. The van der Waals surface area contributed by atoms with E-state index in [9.17, 15) is 0 Å². The van der Waals surface area contributed by atoms with Crippen molar-refractivity contribution in [2.24, 2.45) is 0 Å². The number of rotatable bonds is 3.